The fourth-order valence-corrected chi connectivity index (χ4v) is 1.69. The van der Waals surface area contributed by atoms with Gasteiger partial charge in [-0.25, -0.2) is 9.97 Å². The lowest BCUT2D eigenvalue weighted by Gasteiger charge is -2.26. The Morgan fingerprint density at radius 1 is 1.44 bits per heavy atom. The van der Waals surface area contributed by atoms with Gasteiger partial charge in [0.1, 0.15) is 10.8 Å². The average Bonchev–Trinajstić information content (AvgIpc) is 2.29. The molecule has 1 rings (SSSR count). The van der Waals surface area contributed by atoms with E-state index in [0.29, 0.717) is 6.54 Å². The van der Waals surface area contributed by atoms with E-state index in [9.17, 15) is 9.59 Å². The first-order valence-electron chi connectivity index (χ1n) is 5.46. The summed E-state index contributed by atoms with van der Waals surface area (Å²) in [5, 5.41) is 8.94. The van der Waals surface area contributed by atoms with E-state index in [1.807, 2.05) is 0 Å². The zero-order chi connectivity index (χ0) is 13.7. The van der Waals surface area contributed by atoms with Crippen molar-refractivity contribution in [2.24, 2.45) is 0 Å². The minimum atomic E-state index is -0.948. The van der Waals surface area contributed by atoms with E-state index in [1.165, 1.54) is 17.3 Å². The number of hydrogen-bond donors (Lipinski definition) is 1. The molecule has 7 heteroatoms. The first-order valence-corrected chi connectivity index (χ1v) is 5.83. The summed E-state index contributed by atoms with van der Waals surface area (Å²) in [4.78, 5) is 31.8. The van der Waals surface area contributed by atoms with Crippen LogP contribution in [0.1, 0.15) is 30.8 Å². The molecule has 0 radical (unpaired) electrons. The standard InChI is InChI=1S/C11H14ClN3O3/c1-3-15(7(2)4-10(16)17)11(18)8-5-14-9(12)6-13-8/h5-7H,3-4H2,1-2H3,(H,16,17). The molecule has 1 amide bonds. The number of hydrogen-bond acceptors (Lipinski definition) is 4. The summed E-state index contributed by atoms with van der Waals surface area (Å²) in [6.07, 6.45) is 2.45. The van der Waals surface area contributed by atoms with E-state index >= 15 is 0 Å². The van der Waals surface area contributed by atoms with Crippen LogP contribution in [0.5, 0.6) is 0 Å². The van der Waals surface area contributed by atoms with Gasteiger partial charge in [-0.05, 0) is 13.8 Å². The topological polar surface area (TPSA) is 83.4 Å². The highest BCUT2D eigenvalue weighted by Crippen LogP contribution is 2.10. The molecule has 0 aliphatic rings. The number of halogens is 1. The number of carbonyl (C=O) groups excluding carboxylic acids is 1. The van der Waals surface area contributed by atoms with Crippen molar-refractivity contribution in [3.63, 3.8) is 0 Å². The summed E-state index contributed by atoms with van der Waals surface area (Å²) < 4.78 is 0. The number of rotatable bonds is 5. The van der Waals surface area contributed by atoms with E-state index in [1.54, 1.807) is 13.8 Å². The Balaban J connectivity index is 2.85. The molecule has 18 heavy (non-hydrogen) atoms. The summed E-state index contributed by atoms with van der Waals surface area (Å²) in [6.45, 7) is 3.86. The van der Waals surface area contributed by atoms with Crippen LogP contribution >= 0.6 is 11.6 Å². The monoisotopic (exact) mass is 271 g/mol. The van der Waals surface area contributed by atoms with E-state index in [0.717, 1.165) is 0 Å². The highest BCUT2D eigenvalue weighted by atomic mass is 35.5. The third kappa shape index (κ3) is 3.66. The second kappa shape index (κ2) is 6.30. The van der Waals surface area contributed by atoms with Crippen LogP contribution in [0.4, 0.5) is 0 Å². The van der Waals surface area contributed by atoms with Crippen molar-refractivity contribution >= 4 is 23.5 Å². The number of carboxylic acid groups (broad SMARTS) is 1. The predicted molar refractivity (Wildman–Crippen MR) is 65.5 cm³/mol. The van der Waals surface area contributed by atoms with E-state index in [2.05, 4.69) is 9.97 Å². The van der Waals surface area contributed by atoms with Crippen molar-refractivity contribution in [2.75, 3.05) is 6.54 Å². The summed E-state index contributed by atoms with van der Waals surface area (Å²) in [5.41, 5.74) is 0.151. The molecule has 98 valence electrons. The average molecular weight is 272 g/mol. The summed E-state index contributed by atoms with van der Waals surface area (Å²) in [6, 6.07) is -0.405. The van der Waals surface area contributed by atoms with E-state index < -0.39 is 12.0 Å². The maximum atomic E-state index is 12.1. The Morgan fingerprint density at radius 2 is 2.11 bits per heavy atom. The number of amides is 1. The maximum absolute atomic E-state index is 12.1. The molecule has 1 N–H and O–H groups in total. The third-order valence-corrected chi connectivity index (χ3v) is 2.64. The van der Waals surface area contributed by atoms with E-state index in [-0.39, 0.29) is 23.2 Å². The minimum Gasteiger partial charge on any atom is -0.481 e. The Labute approximate surface area is 110 Å². The van der Waals surface area contributed by atoms with Crippen LogP contribution in [0.3, 0.4) is 0 Å². The van der Waals surface area contributed by atoms with Crippen molar-refractivity contribution in [2.45, 2.75) is 26.3 Å². The van der Waals surface area contributed by atoms with Gasteiger partial charge in [0.2, 0.25) is 0 Å². The molecule has 0 saturated carbocycles. The van der Waals surface area contributed by atoms with Crippen molar-refractivity contribution in [1.29, 1.82) is 0 Å². The van der Waals surface area contributed by atoms with Crippen LogP contribution in [0.15, 0.2) is 12.4 Å². The Hall–Kier alpha value is -1.69. The SMILES string of the molecule is CCN(C(=O)c1cnc(Cl)cn1)C(C)CC(=O)O. The molecule has 1 heterocycles. The maximum Gasteiger partial charge on any atom is 0.305 e. The molecule has 1 unspecified atom stereocenters. The molecule has 1 aromatic rings. The molecular weight excluding hydrogens is 258 g/mol. The lowest BCUT2D eigenvalue weighted by Crippen LogP contribution is -2.40. The molecule has 0 aromatic carbocycles. The first kappa shape index (κ1) is 14.4. The zero-order valence-electron chi connectivity index (χ0n) is 10.1. The highest BCUT2D eigenvalue weighted by molar-refractivity contribution is 6.29. The van der Waals surface area contributed by atoms with Gasteiger partial charge < -0.3 is 10.0 Å². The molecule has 0 spiro atoms. The van der Waals surface area contributed by atoms with Crippen molar-refractivity contribution in [3.05, 3.63) is 23.2 Å². The number of carbonyl (C=O) groups is 2. The lowest BCUT2D eigenvalue weighted by molar-refractivity contribution is -0.138. The number of nitrogens with zero attached hydrogens (tertiary/aromatic N) is 3. The van der Waals surface area contributed by atoms with Crippen molar-refractivity contribution < 1.29 is 14.7 Å². The second-order valence-electron chi connectivity index (χ2n) is 3.76. The molecule has 0 aliphatic heterocycles. The molecule has 0 aliphatic carbocycles. The van der Waals surface area contributed by atoms with Gasteiger partial charge >= 0.3 is 5.97 Å². The molecule has 1 aromatic heterocycles. The lowest BCUT2D eigenvalue weighted by atomic mass is 10.2. The number of carboxylic acids is 1. The van der Waals surface area contributed by atoms with Crippen LogP contribution in [0, 0.1) is 0 Å². The van der Waals surface area contributed by atoms with Crippen molar-refractivity contribution in [1.82, 2.24) is 14.9 Å². The van der Waals surface area contributed by atoms with Gasteiger partial charge in [-0.1, -0.05) is 11.6 Å². The van der Waals surface area contributed by atoms with Crippen LogP contribution in [0.2, 0.25) is 5.15 Å². The molecule has 0 bridgehead atoms. The van der Waals surface area contributed by atoms with Crippen molar-refractivity contribution in [3.8, 4) is 0 Å². The summed E-state index contributed by atoms with van der Waals surface area (Å²) in [7, 11) is 0. The quantitative estimate of drug-likeness (QED) is 0.876. The molecule has 1 atom stereocenters. The van der Waals surface area contributed by atoms with Gasteiger partial charge in [0.15, 0.2) is 0 Å². The van der Waals surface area contributed by atoms with Gasteiger partial charge in [0, 0.05) is 12.6 Å². The van der Waals surface area contributed by atoms with E-state index in [4.69, 9.17) is 16.7 Å². The van der Waals surface area contributed by atoms with Gasteiger partial charge in [-0.2, -0.15) is 0 Å². The third-order valence-electron chi connectivity index (χ3n) is 2.44. The molecule has 0 saturated heterocycles. The molecule has 6 nitrogen and oxygen atoms in total. The zero-order valence-corrected chi connectivity index (χ0v) is 10.9. The van der Waals surface area contributed by atoms with Crippen LogP contribution < -0.4 is 0 Å². The predicted octanol–water partition coefficient (Wildman–Crippen LogP) is 1.46. The fraction of sp³-hybridized carbons (Fsp3) is 0.455. The Bertz CT molecular complexity index is 436. The molecular formula is C11H14ClN3O3. The number of aliphatic carboxylic acids is 1. The normalized spacial score (nSPS) is 11.9. The van der Waals surface area contributed by atoms with Gasteiger partial charge in [0.25, 0.3) is 5.91 Å². The largest absolute Gasteiger partial charge is 0.481 e. The van der Waals surface area contributed by atoms with Gasteiger partial charge in [-0.15, -0.1) is 0 Å². The Kier molecular flexibility index (Phi) is 5.03. The smallest absolute Gasteiger partial charge is 0.305 e. The fourth-order valence-electron chi connectivity index (χ4n) is 1.59. The van der Waals surface area contributed by atoms with Gasteiger partial charge in [-0.3, -0.25) is 9.59 Å². The summed E-state index contributed by atoms with van der Waals surface area (Å²) in [5.74, 6) is -1.30. The Morgan fingerprint density at radius 3 is 2.56 bits per heavy atom. The minimum absolute atomic E-state index is 0.111. The highest BCUT2D eigenvalue weighted by Gasteiger charge is 2.23. The summed E-state index contributed by atoms with van der Waals surface area (Å²) >= 11 is 5.58. The van der Waals surface area contributed by atoms with Crippen LogP contribution in [-0.4, -0.2) is 44.4 Å². The van der Waals surface area contributed by atoms with Gasteiger partial charge in [0.05, 0.1) is 18.8 Å². The molecule has 0 fully saturated rings. The first-order chi connectivity index (χ1) is 8.45. The van der Waals surface area contributed by atoms with Crippen LogP contribution in [-0.2, 0) is 4.79 Å². The van der Waals surface area contributed by atoms with Crippen LogP contribution in [0.25, 0.3) is 0 Å². The second-order valence-corrected chi connectivity index (χ2v) is 4.15. The number of aromatic nitrogens is 2.